The van der Waals surface area contributed by atoms with Gasteiger partial charge < -0.3 is 15.8 Å². The molecular weight excluding hydrogens is 214 g/mol. The van der Waals surface area contributed by atoms with Crippen molar-refractivity contribution in [2.75, 3.05) is 18.1 Å². The van der Waals surface area contributed by atoms with Crippen LogP contribution < -0.4 is 5.73 Å². The molecule has 0 bridgehead atoms. The molecule has 2 aromatic heterocycles. The van der Waals surface area contributed by atoms with Crippen LogP contribution in [0.25, 0.3) is 11.2 Å². The highest BCUT2D eigenvalue weighted by Gasteiger charge is 2.08. The molecular formula is C8H11N5OS. The zero-order chi connectivity index (χ0) is 10.7. The number of rotatable bonds is 4. The van der Waals surface area contributed by atoms with Crippen molar-refractivity contribution in [2.45, 2.75) is 11.4 Å². The van der Waals surface area contributed by atoms with E-state index >= 15 is 0 Å². The molecule has 7 heteroatoms. The number of imidazole rings is 1. The number of fused-ring (bicyclic) bond motifs is 1. The fourth-order valence-electron chi connectivity index (χ4n) is 1.16. The van der Waals surface area contributed by atoms with E-state index in [2.05, 4.69) is 19.9 Å². The molecule has 0 saturated heterocycles. The highest BCUT2D eigenvalue weighted by Crippen LogP contribution is 2.23. The number of anilines is 1. The Morgan fingerprint density at radius 3 is 3.13 bits per heavy atom. The number of thioether (sulfide) groups is 1. The molecule has 0 saturated carbocycles. The average Bonchev–Trinajstić information content (AvgIpc) is 2.65. The molecule has 2 rings (SSSR count). The fraction of sp³-hybridized carbons (Fsp3) is 0.375. The van der Waals surface area contributed by atoms with Gasteiger partial charge in [-0.2, -0.15) is 4.98 Å². The van der Waals surface area contributed by atoms with Crippen molar-refractivity contribution in [1.82, 2.24) is 19.9 Å². The predicted molar refractivity (Wildman–Crippen MR) is 58.5 cm³/mol. The van der Waals surface area contributed by atoms with Gasteiger partial charge in [0.15, 0.2) is 5.65 Å². The molecule has 0 aliphatic heterocycles. The van der Waals surface area contributed by atoms with E-state index in [1.165, 1.54) is 11.8 Å². The van der Waals surface area contributed by atoms with Crippen LogP contribution in [0.5, 0.6) is 0 Å². The molecule has 0 aliphatic rings. The average molecular weight is 225 g/mol. The highest BCUT2D eigenvalue weighted by molar-refractivity contribution is 7.99. The Bertz CT molecular complexity index is 457. The summed E-state index contributed by atoms with van der Waals surface area (Å²) in [5.74, 6) is 1.02. The number of aromatic amines is 1. The van der Waals surface area contributed by atoms with Gasteiger partial charge >= 0.3 is 0 Å². The van der Waals surface area contributed by atoms with Crippen LogP contribution in [0.4, 0.5) is 5.95 Å². The van der Waals surface area contributed by atoms with Crippen LogP contribution in [0, 0.1) is 0 Å². The lowest BCUT2D eigenvalue weighted by molar-refractivity contribution is 0.296. The molecule has 0 aromatic carbocycles. The van der Waals surface area contributed by atoms with Crippen molar-refractivity contribution in [1.29, 1.82) is 0 Å². The van der Waals surface area contributed by atoms with Gasteiger partial charge in [-0.3, -0.25) is 0 Å². The number of hydrogen-bond acceptors (Lipinski definition) is 6. The standard InChI is InChI=1S/C8H11N5OS/c9-8-12-6-5(10-4-11-6)7(13-8)15-3-1-2-14/h4,14H,1-3H2,(H3,9,10,11,12,13). The van der Waals surface area contributed by atoms with Crippen LogP contribution >= 0.6 is 11.8 Å². The van der Waals surface area contributed by atoms with Gasteiger partial charge in [-0.25, -0.2) is 9.97 Å². The van der Waals surface area contributed by atoms with Crippen molar-refractivity contribution in [2.24, 2.45) is 0 Å². The number of nitrogens with two attached hydrogens (primary N) is 1. The third-order valence-corrected chi connectivity index (χ3v) is 2.87. The molecule has 2 heterocycles. The van der Waals surface area contributed by atoms with Crippen LogP contribution in [-0.2, 0) is 0 Å². The number of nitrogens with zero attached hydrogens (tertiary/aromatic N) is 3. The Morgan fingerprint density at radius 1 is 1.47 bits per heavy atom. The Balaban J connectivity index is 2.27. The maximum Gasteiger partial charge on any atom is 0.223 e. The van der Waals surface area contributed by atoms with E-state index in [0.29, 0.717) is 5.65 Å². The van der Waals surface area contributed by atoms with Crippen molar-refractivity contribution < 1.29 is 5.11 Å². The van der Waals surface area contributed by atoms with E-state index in [1.807, 2.05) is 0 Å². The second-order valence-corrected chi connectivity index (χ2v) is 4.00. The molecule has 80 valence electrons. The Hall–Kier alpha value is -1.34. The van der Waals surface area contributed by atoms with Crippen LogP contribution in [0.2, 0.25) is 0 Å². The van der Waals surface area contributed by atoms with Crippen LogP contribution in [0.3, 0.4) is 0 Å². The first-order valence-electron chi connectivity index (χ1n) is 4.51. The Kier molecular flexibility index (Phi) is 3.02. The third kappa shape index (κ3) is 2.18. The summed E-state index contributed by atoms with van der Waals surface area (Å²) in [6.07, 6.45) is 2.29. The summed E-state index contributed by atoms with van der Waals surface area (Å²) in [5.41, 5.74) is 6.93. The van der Waals surface area contributed by atoms with E-state index in [9.17, 15) is 0 Å². The Morgan fingerprint density at radius 2 is 2.33 bits per heavy atom. The molecule has 0 aliphatic carbocycles. The van der Waals surface area contributed by atoms with Gasteiger partial charge in [0.25, 0.3) is 0 Å². The molecule has 0 spiro atoms. The minimum absolute atomic E-state index is 0.180. The monoisotopic (exact) mass is 225 g/mol. The molecule has 0 amide bonds. The van der Waals surface area contributed by atoms with Crippen molar-refractivity contribution in [3.63, 3.8) is 0 Å². The molecule has 2 aromatic rings. The second kappa shape index (κ2) is 4.45. The van der Waals surface area contributed by atoms with Gasteiger partial charge in [-0.1, -0.05) is 0 Å². The predicted octanol–water partition coefficient (Wildman–Crippen LogP) is 0.410. The number of aliphatic hydroxyl groups excluding tert-OH is 1. The number of aliphatic hydroxyl groups is 1. The SMILES string of the molecule is Nc1nc(SCCCO)c2[nH]cnc2n1. The lowest BCUT2D eigenvalue weighted by Crippen LogP contribution is -1.97. The van der Waals surface area contributed by atoms with Crippen LogP contribution in [-0.4, -0.2) is 37.4 Å². The fourth-order valence-corrected chi connectivity index (χ4v) is 2.08. The van der Waals surface area contributed by atoms with Crippen LogP contribution in [0.15, 0.2) is 11.4 Å². The zero-order valence-corrected chi connectivity index (χ0v) is 8.79. The largest absolute Gasteiger partial charge is 0.396 e. The van der Waals surface area contributed by atoms with Gasteiger partial charge in [0.2, 0.25) is 5.95 Å². The quantitative estimate of drug-likeness (QED) is 0.396. The van der Waals surface area contributed by atoms with E-state index in [0.717, 1.165) is 22.7 Å². The maximum atomic E-state index is 8.68. The minimum atomic E-state index is 0.180. The number of aromatic nitrogens is 4. The number of hydrogen-bond donors (Lipinski definition) is 3. The minimum Gasteiger partial charge on any atom is -0.396 e. The molecule has 0 atom stereocenters. The molecule has 15 heavy (non-hydrogen) atoms. The molecule has 4 N–H and O–H groups in total. The summed E-state index contributed by atoms with van der Waals surface area (Å²) in [7, 11) is 0. The van der Waals surface area contributed by atoms with Crippen molar-refractivity contribution in [3.8, 4) is 0 Å². The van der Waals surface area contributed by atoms with E-state index in [4.69, 9.17) is 10.8 Å². The normalized spacial score (nSPS) is 11.0. The summed E-state index contributed by atoms with van der Waals surface area (Å²) < 4.78 is 0. The number of H-pyrrole nitrogens is 1. The highest BCUT2D eigenvalue weighted by atomic mass is 32.2. The summed E-state index contributed by atoms with van der Waals surface area (Å²) in [6, 6.07) is 0. The first kappa shape index (κ1) is 10.2. The van der Waals surface area contributed by atoms with Gasteiger partial charge in [-0.15, -0.1) is 11.8 Å². The van der Waals surface area contributed by atoms with Gasteiger partial charge in [0, 0.05) is 12.4 Å². The Labute approximate surface area is 90.3 Å². The van der Waals surface area contributed by atoms with E-state index in [1.54, 1.807) is 6.33 Å². The van der Waals surface area contributed by atoms with E-state index < -0.39 is 0 Å². The topological polar surface area (TPSA) is 101 Å². The summed E-state index contributed by atoms with van der Waals surface area (Å²) >= 11 is 1.53. The third-order valence-electron chi connectivity index (χ3n) is 1.81. The molecule has 6 nitrogen and oxygen atoms in total. The summed E-state index contributed by atoms with van der Waals surface area (Å²) in [4.78, 5) is 15.1. The van der Waals surface area contributed by atoms with Crippen molar-refractivity contribution >= 4 is 28.9 Å². The first-order valence-corrected chi connectivity index (χ1v) is 5.50. The molecule has 0 unspecified atom stereocenters. The lowest BCUT2D eigenvalue weighted by Gasteiger charge is -2.01. The zero-order valence-electron chi connectivity index (χ0n) is 7.97. The number of nitrogen functional groups attached to an aromatic ring is 1. The van der Waals surface area contributed by atoms with Crippen molar-refractivity contribution in [3.05, 3.63) is 6.33 Å². The van der Waals surface area contributed by atoms with Gasteiger partial charge in [0.1, 0.15) is 10.5 Å². The lowest BCUT2D eigenvalue weighted by atomic mass is 10.5. The molecule has 0 fully saturated rings. The second-order valence-electron chi connectivity index (χ2n) is 2.91. The van der Waals surface area contributed by atoms with Crippen LogP contribution in [0.1, 0.15) is 6.42 Å². The van der Waals surface area contributed by atoms with Gasteiger partial charge in [-0.05, 0) is 6.42 Å². The van der Waals surface area contributed by atoms with Gasteiger partial charge in [0.05, 0.1) is 6.33 Å². The summed E-state index contributed by atoms with van der Waals surface area (Å²) in [6.45, 7) is 0.180. The summed E-state index contributed by atoms with van der Waals surface area (Å²) in [5, 5.41) is 9.46. The smallest absolute Gasteiger partial charge is 0.223 e. The maximum absolute atomic E-state index is 8.68. The van der Waals surface area contributed by atoms with E-state index in [-0.39, 0.29) is 12.6 Å². The number of nitrogens with one attached hydrogen (secondary N) is 1. The first-order chi connectivity index (χ1) is 7.31. The molecule has 0 radical (unpaired) electrons.